The fourth-order valence-corrected chi connectivity index (χ4v) is 3.13. The number of hydrogen-bond acceptors (Lipinski definition) is 5. The molecule has 2 aromatic carbocycles. The van der Waals surface area contributed by atoms with Gasteiger partial charge in [-0.25, -0.2) is 0 Å². The molecule has 29 heavy (non-hydrogen) atoms. The summed E-state index contributed by atoms with van der Waals surface area (Å²) in [6.07, 6.45) is 2.66. The summed E-state index contributed by atoms with van der Waals surface area (Å²) in [7, 11) is 0. The standard InChI is InChI=1S/C23H29N3O3/c1-3-9-26(10-4-2)21-8-7-18-11-17(5-6-19(18)13-21)12-20(14-24)23(29)25-15-22(28)16-27/h5-8,11-13,22,27-28H,3-4,9-10,15-16H2,1-2H3,(H,25,29). The van der Waals surface area contributed by atoms with E-state index in [-0.39, 0.29) is 12.1 Å². The van der Waals surface area contributed by atoms with E-state index in [4.69, 9.17) is 5.11 Å². The van der Waals surface area contributed by atoms with E-state index in [1.807, 2.05) is 24.3 Å². The summed E-state index contributed by atoms with van der Waals surface area (Å²) in [6, 6.07) is 14.0. The Morgan fingerprint density at radius 2 is 1.83 bits per heavy atom. The lowest BCUT2D eigenvalue weighted by Crippen LogP contribution is -2.34. The lowest BCUT2D eigenvalue weighted by molar-refractivity contribution is -0.117. The van der Waals surface area contributed by atoms with E-state index < -0.39 is 18.6 Å². The molecule has 1 atom stereocenters. The number of benzene rings is 2. The average Bonchev–Trinajstić information content (AvgIpc) is 2.74. The molecule has 3 N–H and O–H groups in total. The lowest BCUT2D eigenvalue weighted by atomic mass is 10.0. The molecule has 6 heteroatoms. The molecule has 0 aliphatic rings. The van der Waals surface area contributed by atoms with Crippen molar-refractivity contribution in [2.45, 2.75) is 32.8 Å². The highest BCUT2D eigenvalue weighted by atomic mass is 16.3. The monoisotopic (exact) mass is 395 g/mol. The van der Waals surface area contributed by atoms with E-state index in [1.54, 1.807) is 0 Å². The molecule has 0 saturated carbocycles. The van der Waals surface area contributed by atoms with Crippen molar-refractivity contribution < 1.29 is 15.0 Å². The molecule has 0 radical (unpaired) electrons. The molecular weight excluding hydrogens is 366 g/mol. The molecule has 1 amide bonds. The first-order valence-corrected chi connectivity index (χ1v) is 10.00. The first kappa shape index (κ1) is 22.4. The van der Waals surface area contributed by atoms with E-state index in [1.165, 1.54) is 11.8 Å². The van der Waals surface area contributed by atoms with Crippen molar-refractivity contribution in [2.75, 3.05) is 31.1 Å². The summed E-state index contributed by atoms with van der Waals surface area (Å²) >= 11 is 0. The molecule has 0 spiro atoms. The van der Waals surface area contributed by atoms with Gasteiger partial charge < -0.3 is 20.4 Å². The average molecular weight is 396 g/mol. The number of hydrogen-bond donors (Lipinski definition) is 3. The van der Waals surface area contributed by atoms with Crippen LogP contribution in [0.25, 0.3) is 16.8 Å². The predicted octanol–water partition coefficient (Wildman–Crippen LogP) is 2.84. The van der Waals surface area contributed by atoms with Crippen LogP contribution in [0.3, 0.4) is 0 Å². The molecule has 0 saturated heterocycles. The number of anilines is 1. The minimum atomic E-state index is -1.05. The third-order valence-corrected chi connectivity index (χ3v) is 4.59. The van der Waals surface area contributed by atoms with Crippen molar-refractivity contribution in [1.29, 1.82) is 5.26 Å². The Hall–Kier alpha value is -2.88. The van der Waals surface area contributed by atoms with Gasteiger partial charge in [0.25, 0.3) is 5.91 Å². The molecule has 0 heterocycles. The molecule has 0 bridgehead atoms. The Morgan fingerprint density at radius 3 is 2.45 bits per heavy atom. The molecule has 0 aliphatic heterocycles. The van der Waals surface area contributed by atoms with Gasteiger partial charge in [-0.15, -0.1) is 0 Å². The minimum absolute atomic E-state index is 0.0526. The van der Waals surface area contributed by atoms with Crippen LogP contribution in [-0.2, 0) is 4.79 Å². The van der Waals surface area contributed by atoms with E-state index in [2.05, 4.69) is 42.3 Å². The maximum absolute atomic E-state index is 12.1. The second-order valence-electron chi connectivity index (χ2n) is 6.99. The Labute approximate surface area is 172 Å². The molecule has 0 aromatic heterocycles. The molecule has 2 rings (SSSR count). The van der Waals surface area contributed by atoms with Gasteiger partial charge in [-0.05, 0) is 53.5 Å². The van der Waals surface area contributed by atoms with Crippen LogP contribution >= 0.6 is 0 Å². The number of nitrogens with zero attached hydrogens (tertiary/aromatic N) is 2. The van der Waals surface area contributed by atoms with E-state index >= 15 is 0 Å². The van der Waals surface area contributed by atoms with Crippen molar-refractivity contribution >= 4 is 28.4 Å². The molecular formula is C23H29N3O3. The Kier molecular flexibility index (Phi) is 8.66. The van der Waals surface area contributed by atoms with Crippen molar-refractivity contribution in [1.82, 2.24) is 5.32 Å². The van der Waals surface area contributed by atoms with Gasteiger partial charge in [-0.2, -0.15) is 5.26 Å². The van der Waals surface area contributed by atoms with Crippen molar-refractivity contribution in [2.24, 2.45) is 0 Å². The fourth-order valence-electron chi connectivity index (χ4n) is 3.13. The second-order valence-corrected chi connectivity index (χ2v) is 6.99. The highest BCUT2D eigenvalue weighted by Gasteiger charge is 2.11. The van der Waals surface area contributed by atoms with Crippen LogP contribution in [0.15, 0.2) is 42.0 Å². The number of carbonyl (C=O) groups is 1. The number of rotatable bonds is 10. The first-order valence-electron chi connectivity index (χ1n) is 10.00. The molecule has 154 valence electrons. The van der Waals surface area contributed by atoms with Crippen LogP contribution in [0, 0.1) is 11.3 Å². The van der Waals surface area contributed by atoms with Gasteiger partial charge in [0.15, 0.2) is 0 Å². The summed E-state index contributed by atoms with van der Waals surface area (Å²) < 4.78 is 0. The summed E-state index contributed by atoms with van der Waals surface area (Å²) in [6.45, 7) is 5.83. The highest BCUT2D eigenvalue weighted by molar-refractivity contribution is 6.02. The Balaban J connectivity index is 2.24. The number of nitrogens with one attached hydrogen (secondary N) is 1. The van der Waals surface area contributed by atoms with Gasteiger partial charge in [-0.1, -0.05) is 32.0 Å². The smallest absolute Gasteiger partial charge is 0.262 e. The number of carbonyl (C=O) groups excluding carboxylic acids is 1. The van der Waals surface area contributed by atoms with Gasteiger partial charge in [0.2, 0.25) is 0 Å². The van der Waals surface area contributed by atoms with Crippen LogP contribution < -0.4 is 10.2 Å². The third kappa shape index (κ3) is 6.31. The molecule has 1 unspecified atom stereocenters. The molecule has 2 aromatic rings. The predicted molar refractivity (Wildman–Crippen MR) is 116 cm³/mol. The van der Waals surface area contributed by atoms with Gasteiger partial charge in [-0.3, -0.25) is 4.79 Å². The normalized spacial score (nSPS) is 12.4. The maximum atomic E-state index is 12.1. The fraction of sp³-hybridized carbons (Fsp3) is 0.391. The number of aliphatic hydroxyl groups is 2. The largest absolute Gasteiger partial charge is 0.394 e. The SMILES string of the molecule is CCCN(CCC)c1ccc2cc(C=C(C#N)C(=O)NCC(O)CO)ccc2c1. The number of nitriles is 1. The van der Waals surface area contributed by atoms with Crippen molar-refractivity contribution in [3.05, 3.63) is 47.5 Å². The van der Waals surface area contributed by atoms with Crippen LogP contribution in [0.5, 0.6) is 0 Å². The summed E-state index contributed by atoms with van der Waals surface area (Å²) in [5.74, 6) is -0.579. The lowest BCUT2D eigenvalue weighted by Gasteiger charge is -2.24. The third-order valence-electron chi connectivity index (χ3n) is 4.59. The van der Waals surface area contributed by atoms with Crippen LogP contribution in [0.4, 0.5) is 5.69 Å². The zero-order chi connectivity index (χ0) is 21.2. The van der Waals surface area contributed by atoms with Crippen LogP contribution in [0.1, 0.15) is 32.3 Å². The van der Waals surface area contributed by atoms with Crippen LogP contribution in [0.2, 0.25) is 0 Å². The summed E-state index contributed by atoms with van der Waals surface area (Å²) in [4.78, 5) is 14.5. The zero-order valence-corrected chi connectivity index (χ0v) is 17.1. The van der Waals surface area contributed by atoms with Crippen LogP contribution in [-0.4, -0.2) is 48.5 Å². The van der Waals surface area contributed by atoms with Gasteiger partial charge in [0.05, 0.1) is 12.7 Å². The molecule has 6 nitrogen and oxygen atoms in total. The van der Waals surface area contributed by atoms with Gasteiger partial charge in [0.1, 0.15) is 11.6 Å². The van der Waals surface area contributed by atoms with E-state index in [0.29, 0.717) is 0 Å². The number of fused-ring (bicyclic) bond motifs is 1. The number of aliphatic hydroxyl groups excluding tert-OH is 2. The minimum Gasteiger partial charge on any atom is -0.394 e. The van der Waals surface area contributed by atoms with Gasteiger partial charge in [0, 0.05) is 25.3 Å². The first-order chi connectivity index (χ1) is 14.0. The second kappa shape index (κ2) is 11.2. The van der Waals surface area contributed by atoms with Crippen molar-refractivity contribution in [3.8, 4) is 6.07 Å². The Bertz CT molecular complexity index is 896. The Morgan fingerprint density at radius 1 is 1.17 bits per heavy atom. The maximum Gasteiger partial charge on any atom is 0.262 e. The zero-order valence-electron chi connectivity index (χ0n) is 17.1. The van der Waals surface area contributed by atoms with E-state index in [9.17, 15) is 15.2 Å². The molecule has 0 aliphatic carbocycles. The highest BCUT2D eigenvalue weighted by Crippen LogP contribution is 2.24. The van der Waals surface area contributed by atoms with Gasteiger partial charge >= 0.3 is 0 Å². The summed E-state index contributed by atoms with van der Waals surface area (Å²) in [5, 5.41) is 32.0. The molecule has 0 fully saturated rings. The summed E-state index contributed by atoms with van der Waals surface area (Å²) in [5.41, 5.74) is 1.89. The van der Waals surface area contributed by atoms with E-state index in [0.717, 1.165) is 42.3 Å². The topological polar surface area (TPSA) is 96.6 Å². The number of amides is 1. The van der Waals surface area contributed by atoms with Crippen molar-refractivity contribution in [3.63, 3.8) is 0 Å². The quantitative estimate of drug-likeness (QED) is 0.425.